The Hall–Kier alpha value is -1.26. The predicted molar refractivity (Wildman–Crippen MR) is 79.6 cm³/mol. The van der Waals surface area contributed by atoms with E-state index in [-0.39, 0.29) is 6.04 Å². The Kier molecular flexibility index (Phi) is 5.68. The van der Waals surface area contributed by atoms with Gasteiger partial charge in [0.2, 0.25) is 0 Å². The van der Waals surface area contributed by atoms with E-state index in [9.17, 15) is 0 Å². The van der Waals surface area contributed by atoms with Gasteiger partial charge in [-0.2, -0.15) is 0 Å². The Bertz CT molecular complexity index is 394. The van der Waals surface area contributed by atoms with Crippen molar-refractivity contribution >= 4 is 0 Å². The summed E-state index contributed by atoms with van der Waals surface area (Å²) in [4.78, 5) is 0. The van der Waals surface area contributed by atoms with Crippen LogP contribution in [-0.2, 0) is 4.74 Å². The summed E-state index contributed by atoms with van der Waals surface area (Å²) in [5, 5.41) is 3.38. The van der Waals surface area contributed by atoms with Gasteiger partial charge in [0.05, 0.1) is 25.9 Å². The Morgan fingerprint density at radius 3 is 2.45 bits per heavy atom. The molecule has 1 saturated heterocycles. The number of methoxy groups -OCH3 is 2. The second kappa shape index (κ2) is 7.50. The van der Waals surface area contributed by atoms with Gasteiger partial charge in [0, 0.05) is 12.6 Å². The number of hydrogen-bond donors (Lipinski definition) is 1. The first-order chi connectivity index (χ1) is 9.80. The van der Waals surface area contributed by atoms with Gasteiger partial charge in [-0.05, 0) is 44.9 Å². The quantitative estimate of drug-likeness (QED) is 0.869. The maximum atomic E-state index is 5.86. The molecule has 4 heteroatoms. The first-order valence-corrected chi connectivity index (χ1v) is 7.30. The molecule has 0 bridgehead atoms. The summed E-state index contributed by atoms with van der Waals surface area (Å²) in [6, 6.07) is 6.07. The minimum atomic E-state index is 0.171. The van der Waals surface area contributed by atoms with Gasteiger partial charge in [0.1, 0.15) is 11.5 Å². The van der Waals surface area contributed by atoms with Gasteiger partial charge in [-0.1, -0.05) is 6.07 Å². The Labute approximate surface area is 121 Å². The third-order valence-corrected chi connectivity index (χ3v) is 3.94. The molecule has 0 aromatic heterocycles. The topological polar surface area (TPSA) is 39.7 Å². The lowest BCUT2D eigenvalue weighted by atomic mass is 9.95. The molecule has 1 aromatic carbocycles. The van der Waals surface area contributed by atoms with Gasteiger partial charge in [-0.15, -0.1) is 0 Å². The summed E-state index contributed by atoms with van der Waals surface area (Å²) in [6.45, 7) is 0.879. The third-order valence-electron chi connectivity index (χ3n) is 3.94. The van der Waals surface area contributed by atoms with Gasteiger partial charge >= 0.3 is 0 Å². The maximum absolute atomic E-state index is 5.86. The smallest absolute Gasteiger partial charge is 0.127 e. The second-order valence-corrected chi connectivity index (χ2v) is 5.14. The molecule has 2 atom stereocenters. The minimum absolute atomic E-state index is 0.171. The molecule has 1 fully saturated rings. The molecule has 20 heavy (non-hydrogen) atoms. The van der Waals surface area contributed by atoms with Crippen LogP contribution in [0.4, 0.5) is 0 Å². The van der Waals surface area contributed by atoms with Gasteiger partial charge in [-0.3, -0.25) is 0 Å². The first-order valence-electron chi connectivity index (χ1n) is 7.30. The SMILES string of the molecule is CNC(CC1CCCCO1)c1c(OC)cccc1OC. The van der Waals surface area contributed by atoms with Crippen LogP contribution in [0.2, 0.25) is 0 Å². The van der Waals surface area contributed by atoms with Crippen LogP contribution in [0.15, 0.2) is 18.2 Å². The summed E-state index contributed by atoms with van der Waals surface area (Å²) in [6.07, 6.45) is 4.82. The Morgan fingerprint density at radius 1 is 1.25 bits per heavy atom. The lowest BCUT2D eigenvalue weighted by molar-refractivity contribution is 0.00524. The van der Waals surface area contributed by atoms with Gasteiger partial charge in [-0.25, -0.2) is 0 Å². The van der Waals surface area contributed by atoms with E-state index in [0.29, 0.717) is 6.10 Å². The fourth-order valence-corrected chi connectivity index (χ4v) is 2.86. The van der Waals surface area contributed by atoms with E-state index >= 15 is 0 Å². The van der Waals surface area contributed by atoms with Crippen LogP contribution in [0.25, 0.3) is 0 Å². The van der Waals surface area contributed by atoms with Crippen LogP contribution >= 0.6 is 0 Å². The molecule has 2 unspecified atom stereocenters. The maximum Gasteiger partial charge on any atom is 0.127 e. The number of ether oxygens (including phenoxy) is 3. The van der Waals surface area contributed by atoms with E-state index in [0.717, 1.165) is 36.5 Å². The molecule has 1 aliphatic heterocycles. The molecule has 112 valence electrons. The van der Waals surface area contributed by atoms with Crippen molar-refractivity contribution in [2.75, 3.05) is 27.9 Å². The van der Waals surface area contributed by atoms with Crippen LogP contribution in [0.1, 0.15) is 37.3 Å². The summed E-state index contributed by atoms with van der Waals surface area (Å²) < 4.78 is 16.9. The van der Waals surface area contributed by atoms with Crippen LogP contribution in [0.5, 0.6) is 11.5 Å². The summed E-state index contributed by atoms with van der Waals surface area (Å²) >= 11 is 0. The summed E-state index contributed by atoms with van der Waals surface area (Å²) in [5.74, 6) is 1.72. The molecule has 1 heterocycles. The van der Waals surface area contributed by atoms with Crippen molar-refractivity contribution in [3.63, 3.8) is 0 Å². The van der Waals surface area contributed by atoms with Crippen molar-refractivity contribution in [2.45, 2.75) is 37.8 Å². The molecule has 2 rings (SSSR count). The van der Waals surface area contributed by atoms with Crippen molar-refractivity contribution in [3.8, 4) is 11.5 Å². The molecule has 0 spiro atoms. The van der Waals surface area contributed by atoms with Crippen LogP contribution < -0.4 is 14.8 Å². The highest BCUT2D eigenvalue weighted by Gasteiger charge is 2.24. The minimum Gasteiger partial charge on any atom is -0.496 e. The van der Waals surface area contributed by atoms with E-state index in [4.69, 9.17) is 14.2 Å². The molecule has 1 aliphatic rings. The van der Waals surface area contributed by atoms with Gasteiger partial charge in [0.25, 0.3) is 0 Å². The average molecular weight is 279 g/mol. The molecule has 1 aromatic rings. The van der Waals surface area contributed by atoms with Crippen molar-refractivity contribution in [1.29, 1.82) is 0 Å². The second-order valence-electron chi connectivity index (χ2n) is 5.14. The molecule has 1 N–H and O–H groups in total. The zero-order valence-electron chi connectivity index (χ0n) is 12.6. The van der Waals surface area contributed by atoms with Crippen LogP contribution in [0.3, 0.4) is 0 Å². The molecule has 0 amide bonds. The molecule has 0 aliphatic carbocycles. The Balaban J connectivity index is 2.21. The zero-order chi connectivity index (χ0) is 14.4. The fourth-order valence-electron chi connectivity index (χ4n) is 2.86. The van der Waals surface area contributed by atoms with Gasteiger partial charge < -0.3 is 19.5 Å². The number of nitrogens with one attached hydrogen (secondary N) is 1. The van der Waals surface area contributed by atoms with E-state index in [1.54, 1.807) is 14.2 Å². The zero-order valence-corrected chi connectivity index (χ0v) is 12.6. The Morgan fingerprint density at radius 2 is 1.95 bits per heavy atom. The number of benzene rings is 1. The van der Waals surface area contributed by atoms with Crippen molar-refractivity contribution in [1.82, 2.24) is 5.32 Å². The predicted octanol–water partition coefficient (Wildman–Crippen LogP) is 2.92. The molecule has 0 radical (unpaired) electrons. The van der Waals surface area contributed by atoms with Crippen molar-refractivity contribution in [2.24, 2.45) is 0 Å². The molecular formula is C16H25NO3. The molecule has 0 saturated carbocycles. The van der Waals surface area contributed by atoms with Crippen molar-refractivity contribution < 1.29 is 14.2 Å². The van der Waals surface area contributed by atoms with Crippen LogP contribution in [0, 0.1) is 0 Å². The fraction of sp³-hybridized carbons (Fsp3) is 0.625. The summed E-state index contributed by atoms with van der Waals surface area (Å²) in [7, 11) is 5.36. The third kappa shape index (κ3) is 3.44. The average Bonchev–Trinajstić information content (AvgIpc) is 2.52. The van der Waals surface area contributed by atoms with Gasteiger partial charge in [0.15, 0.2) is 0 Å². The van der Waals surface area contributed by atoms with E-state index < -0.39 is 0 Å². The van der Waals surface area contributed by atoms with E-state index in [2.05, 4.69) is 5.32 Å². The largest absolute Gasteiger partial charge is 0.496 e. The lowest BCUT2D eigenvalue weighted by Gasteiger charge is -2.28. The number of hydrogen-bond acceptors (Lipinski definition) is 4. The highest BCUT2D eigenvalue weighted by Crippen LogP contribution is 2.37. The highest BCUT2D eigenvalue weighted by atomic mass is 16.5. The summed E-state index contributed by atoms with van der Waals surface area (Å²) in [5.41, 5.74) is 1.08. The number of rotatable bonds is 6. The standard InChI is InChI=1S/C16H25NO3/c1-17-13(11-12-7-4-5-10-20-12)16-14(18-2)8-6-9-15(16)19-3/h6,8-9,12-13,17H,4-5,7,10-11H2,1-3H3. The highest BCUT2D eigenvalue weighted by molar-refractivity contribution is 5.47. The van der Waals surface area contributed by atoms with E-state index in [1.807, 2.05) is 25.2 Å². The first kappa shape index (κ1) is 15.1. The van der Waals surface area contributed by atoms with Crippen LogP contribution in [-0.4, -0.2) is 34.0 Å². The molecule has 4 nitrogen and oxygen atoms in total. The lowest BCUT2D eigenvalue weighted by Crippen LogP contribution is -2.27. The van der Waals surface area contributed by atoms with E-state index in [1.165, 1.54) is 12.8 Å². The monoisotopic (exact) mass is 279 g/mol. The molecular weight excluding hydrogens is 254 g/mol. The van der Waals surface area contributed by atoms with Crippen molar-refractivity contribution in [3.05, 3.63) is 23.8 Å². The normalized spacial score (nSPS) is 20.4.